The highest BCUT2D eigenvalue weighted by Gasteiger charge is 2.24. The second kappa shape index (κ2) is 25.5. The maximum atomic E-state index is 16.0. The quantitative estimate of drug-likeness (QED) is 0.106. The van der Waals surface area contributed by atoms with Gasteiger partial charge in [-0.2, -0.15) is 20.2 Å². The van der Waals surface area contributed by atoms with E-state index in [2.05, 4.69) is 48.5 Å². The number of morpholine rings is 4. The van der Waals surface area contributed by atoms with E-state index in [1.165, 1.54) is 5.39 Å². The Morgan fingerprint density at radius 1 is 0.513 bits per heavy atom. The van der Waals surface area contributed by atoms with E-state index in [1.807, 2.05) is 76.9 Å². The molecule has 0 aliphatic carbocycles. The fourth-order valence-electron chi connectivity index (χ4n) is 10.0. The summed E-state index contributed by atoms with van der Waals surface area (Å²) in [5.74, 6) is 1.48. The lowest BCUT2D eigenvalue weighted by molar-refractivity contribution is 0.0383. The number of aromatic nitrogens is 8. The van der Waals surface area contributed by atoms with Crippen LogP contribution in [0.2, 0.25) is 10.0 Å². The third kappa shape index (κ3) is 13.1. The Kier molecular flexibility index (Phi) is 17.9. The zero-order valence-corrected chi connectivity index (χ0v) is 44.9. The molecule has 2 N–H and O–H groups in total. The number of ether oxygens (including phenoxy) is 4. The van der Waals surface area contributed by atoms with Gasteiger partial charge in [-0.1, -0.05) is 54.9 Å². The molecule has 4 fully saturated rings. The van der Waals surface area contributed by atoms with Crippen LogP contribution in [-0.2, 0) is 45.9 Å². The van der Waals surface area contributed by atoms with Gasteiger partial charge in [0.05, 0.1) is 81.0 Å². The number of hydrogen-bond donors (Lipinski definition) is 2. The second-order valence-electron chi connectivity index (χ2n) is 19.4. The van der Waals surface area contributed by atoms with Crippen LogP contribution >= 0.6 is 23.2 Å². The van der Waals surface area contributed by atoms with Crippen LogP contribution in [0.4, 0.5) is 39.3 Å². The van der Waals surface area contributed by atoms with Crippen molar-refractivity contribution in [2.24, 2.45) is 14.1 Å². The summed E-state index contributed by atoms with van der Waals surface area (Å²) in [6, 6.07) is 29.1. The van der Waals surface area contributed by atoms with E-state index in [-0.39, 0.29) is 18.9 Å². The molecule has 12 rings (SSSR count). The molecule has 8 aromatic rings. The predicted molar refractivity (Wildman–Crippen MR) is 308 cm³/mol. The van der Waals surface area contributed by atoms with Gasteiger partial charge < -0.3 is 39.4 Å². The Labute approximate surface area is 464 Å². The van der Waals surface area contributed by atoms with Crippen molar-refractivity contribution in [1.29, 1.82) is 0 Å². The Morgan fingerprint density at radius 2 is 0.962 bits per heavy atom. The molecular weight excluding hydrogens is 1030 g/mol. The molecule has 0 unspecified atom stereocenters. The van der Waals surface area contributed by atoms with Gasteiger partial charge in [0.2, 0.25) is 11.9 Å². The molecule has 18 nitrogen and oxygen atoms in total. The van der Waals surface area contributed by atoms with E-state index >= 15 is 4.39 Å². The number of fused-ring (bicyclic) bond motifs is 2. The molecule has 21 heteroatoms. The van der Waals surface area contributed by atoms with Gasteiger partial charge in [0, 0.05) is 142 Å². The van der Waals surface area contributed by atoms with Gasteiger partial charge in [-0.15, -0.1) is 0 Å². The first-order valence-electron chi connectivity index (χ1n) is 26.4. The van der Waals surface area contributed by atoms with E-state index < -0.39 is 5.82 Å². The fraction of sp³-hybridized carbons (Fsp3) is 0.404. The third-order valence-electron chi connectivity index (χ3n) is 14.3. The number of aryl methyl sites for hydroxylation is 2. The average molecular weight is 1100 g/mol. The molecule has 0 amide bonds. The van der Waals surface area contributed by atoms with Crippen LogP contribution in [-0.4, -0.2) is 168 Å². The molecule has 8 heterocycles. The van der Waals surface area contributed by atoms with Gasteiger partial charge in [0.1, 0.15) is 11.5 Å². The zero-order valence-electron chi connectivity index (χ0n) is 43.4. The van der Waals surface area contributed by atoms with Crippen LogP contribution in [0.1, 0.15) is 18.8 Å². The Hall–Kier alpha value is -6.55. The van der Waals surface area contributed by atoms with Gasteiger partial charge in [-0.3, -0.25) is 19.2 Å². The SMILES string of the molecule is C.Cn1nc(CCN2CCOCC2)c2ccc(-c3cc(Nc4ccc(Cl)cc4)nc(N4CCOCC4)n3)cc21.Cn1nc(CCN2CCOCC2)c2ccc(-c3nc(N4CCOCC4)nc(Nc4ccc(Cl)cc4)c3F)cc21. The van der Waals surface area contributed by atoms with Gasteiger partial charge >= 0.3 is 0 Å². The van der Waals surface area contributed by atoms with Crippen molar-refractivity contribution in [3.8, 4) is 22.5 Å². The van der Waals surface area contributed by atoms with Crippen molar-refractivity contribution in [1.82, 2.24) is 49.3 Å². The van der Waals surface area contributed by atoms with Gasteiger partial charge in [-0.25, -0.2) is 14.4 Å². The molecule has 0 bridgehead atoms. The van der Waals surface area contributed by atoms with E-state index in [0.717, 1.165) is 142 Å². The summed E-state index contributed by atoms with van der Waals surface area (Å²) in [5, 5.41) is 19.7. The molecule has 410 valence electrons. The Morgan fingerprint density at radius 3 is 1.47 bits per heavy atom. The van der Waals surface area contributed by atoms with Crippen LogP contribution in [0.5, 0.6) is 0 Å². The molecule has 4 aliphatic heterocycles. The maximum absolute atomic E-state index is 16.0. The lowest BCUT2D eigenvalue weighted by Crippen LogP contribution is -2.37. The van der Waals surface area contributed by atoms with E-state index in [1.54, 1.807) is 24.3 Å². The summed E-state index contributed by atoms with van der Waals surface area (Å²) in [6.07, 6.45) is 1.76. The van der Waals surface area contributed by atoms with Crippen LogP contribution in [0, 0.1) is 5.82 Å². The number of nitrogens with one attached hydrogen (secondary N) is 2. The Balaban J connectivity index is 0.000000174. The van der Waals surface area contributed by atoms with Crippen molar-refractivity contribution < 1.29 is 23.3 Å². The second-order valence-corrected chi connectivity index (χ2v) is 20.3. The number of anilines is 6. The van der Waals surface area contributed by atoms with Gasteiger partial charge in [-0.05, 0) is 60.7 Å². The van der Waals surface area contributed by atoms with Crippen molar-refractivity contribution in [3.05, 3.63) is 118 Å². The molecule has 0 saturated carbocycles. The molecule has 0 atom stereocenters. The molecule has 4 aliphatic rings. The highest BCUT2D eigenvalue weighted by molar-refractivity contribution is 6.31. The first kappa shape index (κ1) is 54.8. The van der Waals surface area contributed by atoms with E-state index in [4.69, 9.17) is 67.3 Å². The molecule has 4 saturated heterocycles. The van der Waals surface area contributed by atoms with Crippen LogP contribution < -0.4 is 20.4 Å². The van der Waals surface area contributed by atoms with Crippen LogP contribution in [0.3, 0.4) is 0 Å². The van der Waals surface area contributed by atoms with Gasteiger partial charge in [0.15, 0.2) is 11.6 Å². The van der Waals surface area contributed by atoms with Crippen molar-refractivity contribution in [2.45, 2.75) is 20.3 Å². The monoisotopic (exact) mass is 1100 g/mol. The van der Waals surface area contributed by atoms with Crippen molar-refractivity contribution in [3.63, 3.8) is 0 Å². The van der Waals surface area contributed by atoms with Crippen molar-refractivity contribution in [2.75, 3.05) is 139 Å². The molecular formula is C57H67Cl2FN14O4. The lowest BCUT2D eigenvalue weighted by atomic mass is 10.1. The summed E-state index contributed by atoms with van der Waals surface area (Å²) < 4.78 is 41.8. The van der Waals surface area contributed by atoms with Crippen LogP contribution in [0.25, 0.3) is 44.3 Å². The summed E-state index contributed by atoms with van der Waals surface area (Å²) in [4.78, 5) is 28.1. The Bertz CT molecular complexity index is 3280. The first-order chi connectivity index (χ1) is 37.7. The normalized spacial score (nSPS) is 16.5. The molecule has 78 heavy (non-hydrogen) atoms. The van der Waals surface area contributed by atoms with Gasteiger partial charge in [0.25, 0.3) is 0 Å². The highest BCUT2D eigenvalue weighted by atomic mass is 35.5. The minimum atomic E-state index is -0.518. The summed E-state index contributed by atoms with van der Waals surface area (Å²) in [6.45, 7) is 14.2. The fourth-order valence-corrected chi connectivity index (χ4v) is 10.3. The standard InChI is InChI=1S/C28H31ClFN7O2.C28H32ClN7O2.CH4/c1-35-24-18-19(2-7-22(24)23(34-35)8-9-36-10-14-38-15-11-36)26-25(30)27(31-21-5-3-20(29)4-6-21)33-28(32-26)37-12-16-39-17-13-37;1-34-26-18-20(2-7-23(26)24(33-34)8-9-35-10-14-37-15-11-35)25-19-27(30-22-5-3-21(29)4-6-22)32-28(31-25)36-12-16-38-17-13-36;/h2-7,18H,8-17H2,1H3,(H,31,32,33);2-7,18-19H,8-17H2,1H3,(H,30,31,32);1H4. The number of nitrogens with zero attached hydrogens (tertiary/aromatic N) is 12. The minimum Gasteiger partial charge on any atom is -0.379 e. The summed E-state index contributed by atoms with van der Waals surface area (Å²) in [7, 11) is 3.93. The summed E-state index contributed by atoms with van der Waals surface area (Å²) in [5.41, 5.74) is 8.57. The number of halogens is 3. The molecule has 0 spiro atoms. The summed E-state index contributed by atoms with van der Waals surface area (Å²) >= 11 is 12.1. The van der Waals surface area contributed by atoms with E-state index in [9.17, 15) is 0 Å². The maximum Gasteiger partial charge on any atom is 0.228 e. The highest BCUT2D eigenvalue weighted by Crippen LogP contribution is 2.34. The van der Waals surface area contributed by atoms with E-state index in [0.29, 0.717) is 72.7 Å². The number of hydrogen-bond acceptors (Lipinski definition) is 16. The van der Waals surface area contributed by atoms with Crippen LogP contribution in [0.15, 0.2) is 91.0 Å². The lowest BCUT2D eigenvalue weighted by Gasteiger charge is -2.27. The molecule has 4 aromatic carbocycles. The minimum absolute atomic E-state index is 0. The predicted octanol–water partition coefficient (Wildman–Crippen LogP) is 9.05. The zero-order chi connectivity index (χ0) is 52.7. The molecule has 0 radical (unpaired) electrons. The largest absolute Gasteiger partial charge is 0.379 e. The number of rotatable bonds is 14. The topological polar surface area (TPSA) is 161 Å². The smallest absolute Gasteiger partial charge is 0.228 e. The average Bonchev–Trinajstić information content (AvgIpc) is 4.00. The third-order valence-corrected chi connectivity index (χ3v) is 14.8. The van der Waals surface area contributed by atoms with Crippen molar-refractivity contribution >= 4 is 79.9 Å². The number of benzene rings is 4. The first-order valence-corrected chi connectivity index (χ1v) is 27.1. The molecule has 4 aromatic heterocycles.